The molecule has 146 valence electrons. The summed E-state index contributed by atoms with van der Waals surface area (Å²) in [5.41, 5.74) is 0.934. The molecule has 2 aromatic rings. The predicted octanol–water partition coefficient (Wildman–Crippen LogP) is 5.76. The molecule has 3 atom stereocenters. The smallest absolute Gasteiger partial charge is 0.316 e. The van der Waals surface area contributed by atoms with Gasteiger partial charge in [-0.3, -0.25) is 4.79 Å². The lowest BCUT2D eigenvalue weighted by Gasteiger charge is -2.36. The third kappa shape index (κ3) is 5.42. The molecule has 1 aromatic carbocycles. The van der Waals surface area contributed by atoms with E-state index in [-0.39, 0.29) is 17.8 Å². The first kappa shape index (κ1) is 20.6. The zero-order valence-electron chi connectivity index (χ0n) is 16.0. The molecule has 3 unspecified atom stereocenters. The molecule has 1 saturated carbocycles. The number of hydrogen-bond acceptors (Lipinski definition) is 6. The summed E-state index contributed by atoms with van der Waals surface area (Å²) in [7, 11) is 0. The number of carbonyl (C=O) groups excluding carboxylic acids is 1. The van der Waals surface area contributed by atoms with Gasteiger partial charge in [-0.25, -0.2) is 4.68 Å². The van der Waals surface area contributed by atoms with E-state index in [1.165, 1.54) is 29.5 Å². The van der Waals surface area contributed by atoms with Gasteiger partial charge in [-0.15, -0.1) is 5.10 Å². The molecule has 3 rings (SSSR count). The van der Waals surface area contributed by atoms with Gasteiger partial charge in [0, 0.05) is 0 Å². The maximum atomic E-state index is 12.4. The van der Waals surface area contributed by atoms with E-state index in [0.29, 0.717) is 21.7 Å². The minimum atomic E-state index is -0.155. The number of benzene rings is 1. The van der Waals surface area contributed by atoms with Crippen molar-refractivity contribution >= 4 is 41.3 Å². The van der Waals surface area contributed by atoms with Gasteiger partial charge in [0.1, 0.15) is 6.10 Å². The monoisotopic (exact) mass is 422 g/mol. The number of hydrogen-bond donors (Lipinski definition) is 0. The first-order valence-electron chi connectivity index (χ1n) is 9.42. The largest absolute Gasteiger partial charge is 0.461 e. The molecular formula is C20H26N2O2S3. The molecule has 0 saturated heterocycles. The van der Waals surface area contributed by atoms with Gasteiger partial charge < -0.3 is 4.74 Å². The Bertz CT molecular complexity index is 816. The molecule has 1 aliphatic rings. The SMILES string of the molecule is CC1CCC(C(C)C)C(OC(=O)CSc2nn(-c3ccccc3)c(=S)s2)C1. The molecule has 1 heterocycles. The fraction of sp³-hybridized carbons (Fsp3) is 0.550. The molecule has 1 fully saturated rings. The highest BCUT2D eigenvalue weighted by molar-refractivity contribution is 8.01. The lowest BCUT2D eigenvalue weighted by Crippen LogP contribution is -2.36. The number of rotatable bonds is 6. The Hall–Kier alpha value is -1.18. The Balaban J connectivity index is 1.58. The molecule has 0 aliphatic heterocycles. The van der Waals surface area contributed by atoms with Crippen LogP contribution in [0.15, 0.2) is 34.7 Å². The van der Waals surface area contributed by atoms with E-state index in [2.05, 4.69) is 25.9 Å². The predicted molar refractivity (Wildman–Crippen MR) is 114 cm³/mol. The second-order valence-electron chi connectivity index (χ2n) is 7.52. The Morgan fingerprint density at radius 2 is 2.11 bits per heavy atom. The molecule has 1 aliphatic carbocycles. The number of para-hydroxylation sites is 1. The zero-order valence-corrected chi connectivity index (χ0v) is 18.4. The number of carbonyl (C=O) groups is 1. The summed E-state index contributed by atoms with van der Waals surface area (Å²) < 4.78 is 9.07. The highest BCUT2D eigenvalue weighted by Gasteiger charge is 2.33. The number of aromatic nitrogens is 2. The Morgan fingerprint density at radius 3 is 2.81 bits per heavy atom. The van der Waals surface area contributed by atoms with Crippen molar-refractivity contribution in [3.63, 3.8) is 0 Å². The van der Waals surface area contributed by atoms with Crippen LogP contribution in [0.4, 0.5) is 0 Å². The fourth-order valence-electron chi connectivity index (χ4n) is 3.63. The van der Waals surface area contributed by atoms with Gasteiger partial charge in [0.05, 0.1) is 11.4 Å². The van der Waals surface area contributed by atoms with Crippen LogP contribution in [0.3, 0.4) is 0 Å². The number of ether oxygens (including phenoxy) is 1. The van der Waals surface area contributed by atoms with Crippen LogP contribution in [-0.2, 0) is 9.53 Å². The highest BCUT2D eigenvalue weighted by atomic mass is 32.2. The summed E-state index contributed by atoms with van der Waals surface area (Å²) in [6.07, 6.45) is 3.39. The zero-order chi connectivity index (χ0) is 19.4. The molecule has 7 heteroatoms. The van der Waals surface area contributed by atoms with Gasteiger partial charge in [-0.05, 0) is 54.9 Å². The van der Waals surface area contributed by atoms with Crippen molar-refractivity contribution in [1.29, 1.82) is 0 Å². The molecule has 0 spiro atoms. The molecule has 0 radical (unpaired) electrons. The lowest BCUT2D eigenvalue weighted by atomic mass is 9.75. The van der Waals surface area contributed by atoms with Crippen LogP contribution >= 0.6 is 35.3 Å². The van der Waals surface area contributed by atoms with Crippen LogP contribution in [0.1, 0.15) is 40.0 Å². The molecule has 4 nitrogen and oxygen atoms in total. The van der Waals surface area contributed by atoms with E-state index < -0.39 is 0 Å². The van der Waals surface area contributed by atoms with Crippen LogP contribution in [0.5, 0.6) is 0 Å². The van der Waals surface area contributed by atoms with Crippen LogP contribution in [-0.4, -0.2) is 27.6 Å². The summed E-state index contributed by atoms with van der Waals surface area (Å²) in [5, 5.41) is 4.54. The van der Waals surface area contributed by atoms with Crippen molar-refractivity contribution < 1.29 is 9.53 Å². The third-order valence-corrected chi connectivity index (χ3v) is 7.43. The van der Waals surface area contributed by atoms with E-state index in [1.54, 1.807) is 4.68 Å². The fourth-order valence-corrected chi connectivity index (χ4v) is 5.77. The average Bonchev–Trinajstić information content (AvgIpc) is 3.01. The first-order valence-corrected chi connectivity index (χ1v) is 11.6. The first-order chi connectivity index (χ1) is 12.9. The summed E-state index contributed by atoms with van der Waals surface area (Å²) in [6.45, 7) is 6.69. The molecule has 0 amide bonds. The van der Waals surface area contributed by atoms with Gasteiger partial charge in [0.25, 0.3) is 0 Å². The lowest BCUT2D eigenvalue weighted by molar-refractivity contribution is -0.152. The third-order valence-electron chi connectivity index (χ3n) is 5.09. The van der Waals surface area contributed by atoms with Gasteiger partial charge in [-0.1, -0.05) is 68.5 Å². The second kappa shape index (κ2) is 9.34. The van der Waals surface area contributed by atoms with E-state index in [1.807, 2.05) is 30.3 Å². The van der Waals surface area contributed by atoms with E-state index in [0.717, 1.165) is 22.9 Å². The van der Waals surface area contributed by atoms with Crippen molar-refractivity contribution in [1.82, 2.24) is 9.78 Å². The summed E-state index contributed by atoms with van der Waals surface area (Å²) >= 11 is 8.24. The van der Waals surface area contributed by atoms with Crippen molar-refractivity contribution in [2.45, 2.75) is 50.5 Å². The Morgan fingerprint density at radius 1 is 1.37 bits per heavy atom. The van der Waals surface area contributed by atoms with Crippen molar-refractivity contribution in [2.75, 3.05) is 5.75 Å². The molecule has 0 N–H and O–H groups in total. The minimum absolute atomic E-state index is 0.0434. The van der Waals surface area contributed by atoms with E-state index in [9.17, 15) is 4.79 Å². The number of thioether (sulfide) groups is 1. The molecule has 0 bridgehead atoms. The van der Waals surface area contributed by atoms with Crippen LogP contribution < -0.4 is 0 Å². The average molecular weight is 423 g/mol. The van der Waals surface area contributed by atoms with Gasteiger partial charge in [0.15, 0.2) is 8.29 Å². The van der Waals surface area contributed by atoms with E-state index in [4.69, 9.17) is 17.0 Å². The van der Waals surface area contributed by atoms with Crippen molar-refractivity contribution in [3.8, 4) is 5.69 Å². The standard InChI is InChI=1S/C20H26N2O2S3/c1-13(2)16-10-9-14(3)11-17(16)24-18(23)12-26-19-21-22(20(25)27-19)15-7-5-4-6-8-15/h4-8,13-14,16-17H,9-12H2,1-3H3. The maximum absolute atomic E-state index is 12.4. The van der Waals surface area contributed by atoms with Crippen LogP contribution in [0.25, 0.3) is 5.69 Å². The minimum Gasteiger partial charge on any atom is -0.461 e. The van der Waals surface area contributed by atoms with Gasteiger partial charge in [0.2, 0.25) is 0 Å². The topological polar surface area (TPSA) is 44.1 Å². The second-order valence-corrected chi connectivity index (χ2v) is 10.4. The van der Waals surface area contributed by atoms with Gasteiger partial charge >= 0.3 is 5.97 Å². The van der Waals surface area contributed by atoms with Crippen molar-refractivity contribution in [2.24, 2.45) is 17.8 Å². The van der Waals surface area contributed by atoms with Crippen molar-refractivity contribution in [3.05, 3.63) is 34.3 Å². The summed E-state index contributed by atoms with van der Waals surface area (Å²) in [5.74, 6) is 1.74. The Labute approximate surface area is 174 Å². The van der Waals surface area contributed by atoms with Crippen LogP contribution in [0.2, 0.25) is 0 Å². The normalized spacial score (nSPS) is 22.7. The molecule has 1 aromatic heterocycles. The molecular weight excluding hydrogens is 396 g/mol. The van der Waals surface area contributed by atoms with Gasteiger partial charge in [-0.2, -0.15) is 0 Å². The maximum Gasteiger partial charge on any atom is 0.316 e. The van der Waals surface area contributed by atoms with Crippen LogP contribution in [0, 0.1) is 21.7 Å². The summed E-state index contributed by atoms with van der Waals surface area (Å²) in [6, 6.07) is 9.80. The number of esters is 1. The Kier molecular flexibility index (Phi) is 7.11. The highest BCUT2D eigenvalue weighted by Crippen LogP contribution is 2.35. The molecule has 27 heavy (non-hydrogen) atoms. The quantitative estimate of drug-likeness (QED) is 0.336. The summed E-state index contributed by atoms with van der Waals surface area (Å²) in [4.78, 5) is 12.4. The van der Waals surface area contributed by atoms with E-state index >= 15 is 0 Å². The number of nitrogens with zero attached hydrogens (tertiary/aromatic N) is 2.